The number of carbonyl (C=O) groups excluding carboxylic acids is 1. The summed E-state index contributed by atoms with van der Waals surface area (Å²) >= 11 is 6.14. The molecule has 2 aliphatic rings. The zero-order valence-electron chi connectivity index (χ0n) is 14.6. The van der Waals surface area contributed by atoms with Crippen molar-refractivity contribution in [3.63, 3.8) is 0 Å². The Labute approximate surface area is 158 Å². The quantitative estimate of drug-likeness (QED) is 0.742. The Balaban J connectivity index is 1.35. The van der Waals surface area contributed by atoms with Gasteiger partial charge in [-0.2, -0.15) is 4.98 Å². The van der Waals surface area contributed by atoms with E-state index in [1.54, 1.807) is 12.2 Å². The third-order valence-electron chi connectivity index (χ3n) is 5.03. The summed E-state index contributed by atoms with van der Waals surface area (Å²) in [6.45, 7) is 1.52. The first-order chi connectivity index (χ1) is 12.7. The highest BCUT2D eigenvalue weighted by Gasteiger charge is 2.30. The zero-order valence-corrected chi connectivity index (χ0v) is 15.4. The molecule has 2 heterocycles. The third-order valence-corrected chi connectivity index (χ3v) is 5.38. The van der Waals surface area contributed by atoms with Crippen LogP contribution in [0, 0.1) is 5.92 Å². The maximum atomic E-state index is 12.5. The van der Waals surface area contributed by atoms with Gasteiger partial charge in [0.15, 0.2) is 5.82 Å². The van der Waals surface area contributed by atoms with Gasteiger partial charge >= 0.3 is 0 Å². The molecular weight excluding hydrogens is 350 g/mol. The Hall–Kier alpha value is -2.14. The van der Waals surface area contributed by atoms with Crippen LogP contribution < -0.4 is 0 Å². The smallest absolute Gasteiger partial charge is 0.246 e. The first-order valence-corrected chi connectivity index (χ1v) is 9.61. The molecule has 1 aromatic heterocycles. The van der Waals surface area contributed by atoms with E-state index in [0.717, 1.165) is 43.7 Å². The van der Waals surface area contributed by atoms with Crippen molar-refractivity contribution >= 4 is 23.6 Å². The van der Waals surface area contributed by atoms with Crippen molar-refractivity contribution < 1.29 is 9.32 Å². The number of aromatic nitrogens is 2. The van der Waals surface area contributed by atoms with Gasteiger partial charge in [0.1, 0.15) is 0 Å². The van der Waals surface area contributed by atoms with Gasteiger partial charge in [0.25, 0.3) is 0 Å². The predicted molar refractivity (Wildman–Crippen MR) is 99.8 cm³/mol. The number of halogens is 1. The van der Waals surface area contributed by atoms with Crippen molar-refractivity contribution in [2.75, 3.05) is 13.1 Å². The molecule has 4 rings (SSSR count). The van der Waals surface area contributed by atoms with Gasteiger partial charge in [-0.3, -0.25) is 4.79 Å². The largest absolute Gasteiger partial charge is 0.339 e. The topological polar surface area (TPSA) is 59.2 Å². The fraction of sp³-hybridized carbons (Fsp3) is 0.450. The van der Waals surface area contributed by atoms with E-state index in [1.807, 2.05) is 29.2 Å². The van der Waals surface area contributed by atoms with Crippen molar-refractivity contribution in [1.29, 1.82) is 0 Å². The van der Waals surface area contributed by atoms with Crippen LogP contribution in [0.1, 0.15) is 48.9 Å². The molecule has 26 heavy (non-hydrogen) atoms. The summed E-state index contributed by atoms with van der Waals surface area (Å²) in [6.07, 6.45) is 8.57. The molecule has 1 amide bonds. The van der Waals surface area contributed by atoms with Crippen LogP contribution in [-0.2, 0) is 11.2 Å². The van der Waals surface area contributed by atoms with E-state index in [9.17, 15) is 4.79 Å². The summed E-state index contributed by atoms with van der Waals surface area (Å²) in [5.41, 5.74) is 0.856. The average Bonchev–Trinajstić information content (AvgIpc) is 3.41. The Bertz CT molecular complexity index is 813. The highest BCUT2D eigenvalue weighted by atomic mass is 35.5. The monoisotopic (exact) mass is 371 g/mol. The van der Waals surface area contributed by atoms with Crippen LogP contribution in [-0.4, -0.2) is 34.0 Å². The van der Waals surface area contributed by atoms with E-state index in [2.05, 4.69) is 10.1 Å². The van der Waals surface area contributed by atoms with Gasteiger partial charge < -0.3 is 9.42 Å². The number of nitrogens with zero attached hydrogens (tertiary/aromatic N) is 3. The van der Waals surface area contributed by atoms with E-state index in [-0.39, 0.29) is 5.91 Å². The first-order valence-electron chi connectivity index (χ1n) is 9.23. The molecule has 1 unspecified atom stereocenters. The molecule has 1 saturated carbocycles. The first kappa shape index (κ1) is 17.3. The summed E-state index contributed by atoms with van der Waals surface area (Å²) in [7, 11) is 0. The standard InChI is InChI=1S/C20H22ClN3O2/c21-17-6-2-1-5-15(17)9-10-19(25)24-11-3-4-14(13-24)12-18-22-20(23-26-18)16-7-8-16/h1-2,5-6,9-10,14,16H,3-4,7-8,11-13H2/b10-9+. The molecule has 6 heteroatoms. The minimum atomic E-state index is 0.0267. The van der Waals surface area contributed by atoms with Gasteiger partial charge in [0.2, 0.25) is 11.8 Å². The summed E-state index contributed by atoms with van der Waals surface area (Å²) in [5.74, 6) is 2.46. The molecule has 1 aromatic carbocycles. The lowest BCUT2D eigenvalue weighted by Crippen LogP contribution is -2.39. The molecule has 2 aromatic rings. The molecule has 1 atom stereocenters. The average molecular weight is 372 g/mol. The van der Waals surface area contributed by atoms with Crippen LogP contribution in [0.25, 0.3) is 6.08 Å². The molecule has 5 nitrogen and oxygen atoms in total. The van der Waals surface area contributed by atoms with E-state index in [0.29, 0.717) is 22.7 Å². The number of amides is 1. The van der Waals surface area contributed by atoms with Gasteiger partial charge in [0, 0.05) is 36.5 Å². The van der Waals surface area contributed by atoms with Gasteiger partial charge in [0.05, 0.1) is 0 Å². The summed E-state index contributed by atoms with van der Waals surface area (Å²) in [4.78, 5) is 18.9. The fourth-order valence-electron chi connectivity index (χ4n) is 3.41. The van der Waals surface area contributed by atoms with Crippen molar-refractivity contribution in [3.8, 4) is 0 Å². The van der Waals surface area contributed by atoms with Crippen LogP contribution in [0.5, 0.6) is 0 Å². The predicted octanol–water partition coefficient (Wildman–Crippen LogP) is 4.09. The molecule has 1 aliphatic heterocycles. The number of rotatable bonds is 5. The van der Waals surface area contributed by atoms with Gasteiger partial charge in [-0.15, -0.1) is 0 Å². The minimum Gasteiger partial charge on any atom is -0.339 e. The van der Waals surface area contributed by atoms with Crippen LogP contribution in [0.3, 0.4) is 0 Å². The summed E-state index contributed by atoms with van der Waals surface area (Å²) in [6, 6.07) is 7.51. The van der Waals surface area contributed by atoms with Crippen LogP contribution >= 0.6 is 11.6 Å². The van der Waals surface area contributed by atoms with Crippen molar-refractivity contribution in [3.05, 3.63) is 52.6 Å². The number of piperidine rings is 1. The number of benzene rings is 1. The lowest BCUT2D eigenvalue weighted by molar-refractivity contribution is -0.127. The van der Waals surface area contributed by atoms with Gasteiger partial charge in [-0.05, 0) is 49.3 Å². The minimum absolute atomic E-state index is 0.0267. The second kappa shape index (κ2) is 7.62. The maximum Gasteiger partial charge on any atom is 0.246 e. The Morgan fingerprint density at radius 3 is 2.96 bits per heavy atom. The van der Waals surface area contributed by atoms with E-state index in [1.165, 1.54) is 12.8 Å². The van der Waals surface area contributed by atoms with Crippen LogP contribution in [0.2, 0.25) is 5.02 Å². The fourth-order valence-corrected chi connectivity index (χ4v) is 3.61. The second-order valence-electron chi connectivity index (χ2n) is 7.17. The van der Waals surface area contributed by atoms with E-state index >= 15 is 0 Å². The van der Waals surface area contributed by atoms with Crippen LogP contribution in [0.4, 0.5) is 0 Å². The molecule has 1 saturated heterocycles. The molecule has 0 bridgehead atoms. The third kappa shape index (κ3) is 4.15. The summed E-state index contributed by atoms with van der Waals surface area (Å²) in [5, 5.41) is 4.73. The van der Waals surface area contributed by atoms with Crippen molar-refractivity contribution in [2.45, 2.75) is 38.0 Å². The molecular formula is C20H22ClN3O2. The lowest BCUT2D eigenvalue weighted by Gasteiger charge is -2.31. The van der Waals surface area contributed by atoms with Crippen molar-refractivity contribution in [2.24, 2.45) is 5.92 Å². The zero-order chi connectivity index (χ0) is 17.9. The summed E-state index contributed by atoms with van der Waals surface area (Å²) < 4.78 is 5.39. The molecule has 0 N–H and O–H groups in total. The number of hydrogen-bond acceptors (Lipinski definition) is 4. The number of hydrogen-bond donors (Lipinski definition) is 0. The molecule has 0 spiro atoms. The molecule has 136 valence electrons. The Morgan fingerprint density at radius 1 is 1.31 bits per heavy atom. The SMILES string of the molecule is O=C(/C=C/c1ccccc1Cl)N1CCCC(Cc2nc(C3CC3)no2)C1. The maximum absolute atomic E-state index is 12.5. The van der Waals surface area contributed by atoms with Crippen LogP contribution in [0.15, 0.2) is 34.9 Å². The number of carbonyl (C=O) groups is 1. The molecule has 0 radical (unpaired) electrons. The van der Waals surface area contributed by atoms with Gasteiger partial charge in [-0.1, -0.05) is 35.0 Å². The van der Waals surface area contributed by atoms with E-state index in [4.69, 9.17) is 16.1 Å². The Morgan fingerprint density at radius 2 is 2.15 bits per heavy atom. The van der Waals surface area contributed by atoms with Gasteiger partial charge in [-0.25, -0.2) is 0 Å². The number of likely N-dealkylation sites (tertiary alicyclic amines) is 1. The highest BCUT2D eigenvalue weighted by molar-refractivity contribution is 6.32. The molecule has 2 fully saturated rings. The lowest BCUT2D eigenvalue weighted by atomic mass is 9.94. The Kier molecular flexibility index (Phi) is 5.07. The van der Waals surface area contributed by atoms with Crippen molar-refractivity contribution in [1.82, 2.24) is 15.0 Å². The molecule has 1 aliphatic carbocycles. The normalized spacial score (nSPS) is 20.7. The van der Waals surface area contributed by atoms with E-state index < -0.39 is 0 Å². The second-order valence-corrected chi connectivity index (χ2v) is 7.58. The highest BCUT2D eigenvalue weighted by Crippen LogP contribution is 2.38.